The first-order valence-corrected chi connectivity index (χ1v) is 6.68. The number of rotatable bonds is 2. The summed E-state index contributed by atoms with van der Waals surface area (Å²) in [6, 6.07) is 7.04. The van der Waals surface area contributed by atoms with E-state index in [1.807, 2.05) is 13.8 Å². The van der Waals surface area contributed by atoms with Crippen LogP contribution >= 0.6 is 0 Å². The van der Waals surface area contributed by atoms with Gasteiger partial charge in [-0.2, -0.15) is 9.78 Å². The zero-order chi connectivity index (χ0) is 15.1. The quantitative estimate of drug-likeness (QED) is 0.863. The summed E-state index contributed by atoms with van der Waals surface area (Å²) >= 11 is 0. The molecule has 1 aromatic heterocycles. The lowest BCUT2D eigenvalue weighted by Gasteiger charge is -2.21. The zero-order valence-electron chi connectivity index (χ0n) is 11.6. The molecule has 0 bridgehead atoms. The van der Waals surface area contributed by atoms with Crippen molar-refractivity contribution in [1.29, 1.82) is 0 Å². The molecule has 2 heterocycles. The number of anilines is 1. The Hall–Kier alpha value is -2.50. The van der Waals surface area contributed by atoms with Crippen molar-refractivity contribution in [2.24, 2.45) is 0 Å². The van der Waals surface area contributed by atoms with Crippen molar-refractivity contribution in [3.8, 4) is 0 Å². The Balaban J connectivity index is 2.02. The third-order valence-corrected chi connectivity index (χ3v) is 3.49. The Morgan fingerprint density at radius 3 is 2.52 bits per heavy atom. The van der Waals surface area contributed by atoms with Gasteiger partial charge in [0, 0.05) is 6.07 Å². The zero-order valence-corrected chi connectivity index (χ0v) is 11.6. The van der Waals surface area contributed by atoms with Crippen molar-refractivity contribution in [1.82, 2.24) is 9.78 Å². The summed E-state index contributed by atoms with van der Waals surface area (Å²) in [5.74, 6) is -1.73. The van der Waals surface area contributed by atoms with Crippen molar-refractivity contribution >= 4 is 17.6 Å². The number of halogens is 1. The number of amides is 1. The summed E-state index contributed by atoms with van der Waals surface area (Å²) in [5, 5.41) is 6.91. The van der Waals surface area contributed by atoms with E-state index in [9.17, 15) is 14.0 Å². The fourth-order valence-electron chi connectivity index (χ4n) is 2.32. The van der Waals surface area contributed by atoms with E-state index in [0.29, 0.717) is 11.4 Å². The molecule has 0 fully saturated rings. The average molecular weight is 287 g/mol. The Morgan fingerprint density at radius 1 is 1.24 bits per heavy atom. The van der Waals surface area contributed by atoms with Crippen LogP contribution in [0.2, 0.25) is 0 Å². The molecule has 21 heavy (non-hydrogen) atoms. The Bertz CT molecular complexity index is 719. The number of fused-ring (bicyclic) bond motifs is 1. The van der Waals surface area contributed by atoms with E-state index < -0.39 is 23.5 Å². The molecule has 1 unspecified atom stereocenters. The summed E-state index contributed by atoms with van der Waals surface area (Å²) < 4.78 is 14.2. The highest BCUT2D eigenvalue weighted by Crippen LogP contribution is 2.28. The average Bonchev–Trinajstić information content (AvgIpc) is 2.85. The van der Waals surface area contributed by atoms with Crippen LogP contribution in [-0.4, -0.2) is 21.6 Å². The summed E-state index contributed by atoms with van der Waals surface area (Å²) in [6.45, 7) is 3.91. The van der Waals surface area contributed by atoms with Crippen LogP contribution < -0.4 is 5.32 Å². The maximum atomic E-state index is 13.0. The molecule has 2 aromatic rings. The molecule has 1 amide bonds. The SMILES string of the molecule is CC(C)c1cc2n(n1)C(=O)C(c1ccc(F)cc1)C(=O)N2. The minimum atomic E-state index is -1.00. The molecule has 5 nitrogen and oxygen atoms in total. The van der Waals surface area contributed by atoms with E-state index in [-0.39, 0.29) is 5.92 Å². The molecule has 0 aliphatic carbocycles. The smallest absolute Gasteiger partial charge is 0.265 e. The van der Waals surface area contributed by atoms with Gasteiger partial charge in [-0.3, -0.25) is 9.59 Å². The predicted octanol–water partition coefficient (Wildman–Crippen LogP) is 2.52. The first-order valence-electron chi connectivity index (χ1n) is 6.68. The van der Waals surface area contributed by atoms with Crippen molar-refractivity contribution in [3.63, 3.8) is 0 Å². The maximum Gasteiger partial charge on any atom is 0.265 e. The maximum absolute atomic E-state index is 13.0. The Kier molecular flexibility index (Phi) is 3.08. The van der Waals surface area contributed by atoms with Gasteiger partial charge >= 0.3 is 0 Å². The molecule has 1 aliphatic heterocycles. The summed E-state index contributed by atoms with van der Waals surface area (Å²) in [6.07, 6.45) is 0. The molecule has 0 saturated heterocycles. The minimum absolute atomic E-state index is 0.150. The molecule has 3 rings (SSSR count). The predicted molar refractivity (Wildman–Crippen MR) is 74.7 cm³/mol. The standard InChI is InChI=1S/C15H14FN3O2/c1-8(2)11-7-12-17-14(20)13(15(21)19(12)18-11)9-3-5-10(16)6-4-9/h3-8,13H,1-2H3,(H,17,20). The molecule has 0 saturated carbocycles. The molecule has 1 N–H and O–H groups in total. The second-order valence-electron chi connectivity index (χ2n) is 5.33. The van der Waals surface area contributed by atoms with Crippen LogP contribution in [0.4, 0.5) is 10.2 Å². The number of hydrogen-bond donors (Lipinski definition) is 1. The molecule has 1 aliphatic rings. The van der Waals surface area contributed by atoms with E-state index in [1.165, 1.54) is 28.9 Å². The van der Waals surface area contributed by atoms with Crippen LogP contribution in [0.1, 0.15) is 41.7 Å². The fourth-order valence-corrected chi connectivity index (χ4v) is 2.32. The van der Waals surface area contributed by atoms with Gasteiger partial charge in [0.2, 0.25) is 5.91 Å². The minimum Gasteiger partial charge on any atom is -0.309 e. The third-order valence-electron chi connectivity index (χ3n) is 3.49. The fraction of sp³-hybridized carbons (Fsp3) is 0.267. The second kappa shape index (κ2) is 4.80. The van der Waals surface area contributed by atoms with E-state index >= 15 is 0 Å². The van der Waals surface area contributed by atoms with Crippen molar-refractivity contribution in [2.75, 3.05) is 5.32 Å². The van der Waals surface area contributed by atoms with Gasteiger partial charge in [0.25, 0.3) is 5.91 Å². The normalized spacial score (nSPS) is 17.8. The van der Waals surface area contributed by atoms with Crippen LogP contribution in [-0.2, 0) is 4.79 Å². The van der Waals surface area contributed by atoms with E-state index in [4.69, 9.17) is 0 Å². The second-order valence-corrected chi connectivity index (χ2v) is 5.33. The number of aromatic nitrogens is 2. The van der Waals surface area contributed by atoms with Crippen molar-refractivity contribution in [3.05, 3.63) is 47.4 Å². The molecule has 6 heteroatoms. The topological polar surface area (TPSA) is 64.0 Å². The highest BCUT2D eigenvalue weighted by molar-refractivity contribution is 6.15. The third kappa shape index (κ3) is 2.22. The first-order chi connectivity index (χ1) is 9.97. The van der Waals surface area contributed by atoms with Gasteiger partial charge < -0.3 is 5.32 Å². The number of nitrogens with zero attached hydrogens (tertiary/aromatic N) is 2. The largest absolute Gasteiger partial charge is 0.309 e. The van der Waals surface area contributed by atoms with E-state index in [1.54, 1.807) is 6.07 Å². The number of carbonyl (C=O) groups is 2. The lowest BCUT2D eigenvalue weighted by atomic mass is 9.96. The van der Waals surface area contributed by atoms with Gasteiger partial charge in [-0.1, -0.05) is 26.0 Å². The number of benzene rings is 1. The van der Waals surface area contributed by atoms with Crippen molar-refractivity contribution < 1.29 is 14.0 Å². The van der Waals surface area contributed by atoms with Crippen LogP contribution in [0.3, 0.4) is 0 Å². The van der Waals surface area contributed by atoms with Gasteiger partial charge in [0.1, 0.15) is 17.6 Å². The van der Waals surface area contributed by atoms with Gasteiger partial charge in [-0.15, -0.1) is 0 Å². The van der Waals surface area contributed by atoms with Crippen LogP contribution in [0.5, 0.6) is 0 Å². The lowest BCUT2D eigenvalue weighted by molar-refractivity contribution is -0.117. The monoisotopic (exact) mass is 287 g/mol. The summed E-state index contributed by atoms with van der Waals surface area (Å²) in [4.78, 5) is 24.7. The Labute approximate surface area is 120 Å². The molecular weight excluding hydrogens is 273 g/mol. The molecule has 0 radical (unpaired) electrons. The van der Waals surface area contributed by atoms with E-state index in [2.05, 4.69) is 10.4 Å². The molecular formula is C15H14FN3O2. The summed E-state index contributed by atoms with van der Waals surface area (Å²) in [7, 11) is 0. The van der Waals surface area contributed by atoms with Crippen molar-refractivity contribution in [2.45, 2.75) is 25.7 Å². The highest BCUT2D eigenvalue weighted by Gasteiger charge is 2.37. The van der Waals surface area contributed by atoms with Gasteiger partial charge in [0.15, 0.2) is 0 Å². The molecule has 1 atom stereocenters. The molecule has 0 spiro atoms. The Morgan fingerprint density at radius 2 is 1.90 bits per heavy atom. The van der Waals surface area contributed by atoms with Gasteiger partial charge in [-0.05, 0) is 23.6 Å². The van der Waals surface area contributed by atoms with Crippen LogP contribution in [0.25, 0.3) is 0 Å². The lowest BCUT2D eigenvalue weighted by Crippen LogP contribution is -2.38. The number of nitrogens with one attached hydrogen (secondary N) is 1. The van der Waals surface area contributed by atoms with Crippen LogP contribution in [0.15, 0.2) is 30.3 Å². The number of hydrogen-bond acceptors (Lipinski definition) is 3. The molecule has 108 valence electrons. The summed E-state index contributed by atoms with van der Waals surface area (Å²) in [5.41, 5.74) is 1.18. The number of carbonyl (C=O) groups excluding carboxylic acids is 2. The molecule has 1 aromatic carbocycles. The highest BCUT2D eigenvalue weighted by atomic mass is 19.1. The van der Waals surface area contributed by atoms with Gasteiger partial charge in [0.05, 0.1) is 5.69 Å². The van der Waals surface area contributed by atoms with E-state index in [0.717, 1.165) is 5.69 Å². The van der Waals surface area contributed by atoms with Gasteiger partial charge in [-0.25, -0.2) is 4.39 Å². The first kappa shape index (κ1) is 13.5. The van der Waals surface area contributed by atoms with Crippen LogP contribution in [0, 0.1) is 5.82 Å².